The van der Waals surface area contributed by atoms with E-state index in [4.69, 9.17) is 0 Å². The van der Waals surface area contributed by atoms with Crippen LogP contribution in [-0.2, 0) is 60.3 Å². The number of carbonyl (C=O) groups is 1. The van der Waals surface area contributed by atoms with Gasteiger partial charge in [-0.15, -0.1) is 215 Å². The number of aliphatic hydroxyl groups excluding tert-OH is 2. The predicted molar refractivity (Wildman–Crippen MR) is 546 cm³/mol. The van der Waals surface area contributed by atoms with Crippen LogP contribution in [0.25, 0.3) is 138 Å². The van der Waals surface area contributed by atoms with E-state index in [1.807, 2.05) is 421 Å². The number of aliphatic hydroxyl groups is 2. The van der Waals surface area contributed by atoms with Crippen molar-refractivity contribution in [2.45, 2.75) is 32.5 Å². The SMILES string of the molecule is Cc1ccc(/C=C/C(=O)c2ccccc2)cc1.Cc1ccc(C(O)CC(O)c2ccccc2)cc1.O.O.[Ir].[Ir].[Ir].[c-]1ccccc1-c1nccc2ccccc12.[c-]1ccccc1-c1nccc2ccccc12.[c-]1ccccc1-c1nccc2ccccc12.[c-]1ccccc1-c1nccc2ccccc12.[c-]1ccccc1-c1nccc2ccccc12.[c-]1ccccc1-c1nccc2ccccc12. The van der Waals surface area contributed by atoms with Gasteiger partial charge < -0.3 is 51.1 Å². The van der Waals surface area contributed by atoms with Gasteiger partial charge in [-0.1, -0.05) is 272 Å². The summed E-state index contributed by atoms with van der Waals surface area (Å²) in [5.74, 6) is 0.0335. The Kier molecular flexibility index (Phi) is 41.3. The van der Waals surface area contributed by atoms with E-state index in [0.29, 0.717) is 6.42 Å². The van der Waals surface area contributed by atoms with E-state index in [1.165, 1.54) is 70.2 Å². The minimum absolute atomic E-state index is 0. The third-order valence-corrected chi connectivity index (χ3v) is 21.5. The molecule has 11 nitrogen and oxygen atoms in total. The van der Waals surface area contributed by atoms with Crippen molar-refractivity contribution >= 4 is 76.5 Å². The second kappa shape index (κ2) is 54.4. The van der Waals surface area contributed by atoms with E-state index in [9.17, 15) is 15.0 Å². The summed E-state index contributed by atoms with van der Waals surface area (Å²) in [6, 6.07) is 163. The van der Waals surface area contributed by atoms with E-state index < -0.39 is 12.2 Å². The number of pyridine rings is 6. The van der Waals surface area contributed by atoms with Crippen LogP contribution >= 0.6 is 0 Å². The molecule has 0 bridgehead atoms. The molecule has 22 aromatic rings. The number of fused-ring (bicyclic) bond motifs is 6. The van der Waals surface area contributed by atoms with Crippen molar-refractivity contribution in [1.82, 2.24) is 29.9 Å². The molecule has 0 spiro atoms. The molecular formula is C122H96Ir3N6O5-6. The Morgan fingerprint density at radius 2 is 0.471 bits per heavy atom. The number of hydrogen-bond donors (Lipinski definition) is 2. The monoisotopic (exact) mass is 2300 g/mol. The zero-order valence-corrected chi connectivity index (χ0v) is 81.7. The van der Waals surface area contributed by atoms with Crippen LogP contribution in [0.4, 0.5) is 0 Å². The molecule has 0 aliphatic carbocycles. The Morgan fingerprint density at radius 3 is 0.713 bits per heavy atom. The van der Waals surface area contributed by atoms with Crippen LogP contribution in [0.15, 0.2) is 480 Å². The molecule has 2 atom stereocenters. The topological polar surface area (TPSA) is 198 Å². The van der Waals surface area contributed by atoms with Gasteiger partial charge in [0.1, 0.15) is 0 Å². The molecule has 6 N–H and O–H groups in total. The summed E-state index contributed by atoms with van der Waals surface area (Å²) in [5.41, 5.74) is 18.1. The largest absolute Gasteiger partial charge is 0.412 e. The molecule has 6 heterocycles. The van der Waals surface area contributed by atoms with E-state index in [0.717, 1.165) is 95.4 Å². The normalized spacial score (nSPS) is 10.6. The number of nitrogens with zero attached hydrogens (tertiary/aromatic N) is 6. The zero-order valence-electron chi connectivity index (χ0n) is 74.5. The van der Waals surface area contributed by atoms with Crippen molar-refractivity contribution in [3.8, 4) is 67.5 Å². The minimum atomic E-state index is -0.638. The van der Waals surface area contributed by atoms with Crippen molar-refractivity contribution in [2.24, 2.45) is 0 Å². The fraction of sp³-hybridized carbons (Fsp3) is 0.0410. The number of aryl methyl sites for hydroxylation is 2. The molecule has 0 saturated heterocycles. The van der Waals surface area contributed by atoms with Gasteiger partial charge in [0.25, 0.3) is 0 Å². The summed E-state index contributed by atoms with van der Waals surface area (Å²) in [4.78, 5) is 38.5. The predicted octanol–water partition coefficient (Wildman–Crippen LogP) is 27.6. The fourth-order valence-electron chi connectivity index (χ4n) is 14.7. The molecule has 3 radical (unpaired) electrons. The Balaban J connectivity index is 0.000000160. The molecule has 0 aliphatic rings. The van der Waals surface area contributed by atoms with Gasteiger partial charge in [-0.05, 0) is 172 Å². The molecule has 0 saturated carbocycles. The maximum atomic E-state index is 11.8. The van der Waals surface area contributed by atoms with E-state index in [2.05, 4.69) is 139 Å². The average molecular weight is 2300 g/mol. The van der Waals surface area contributed by atoms with Crippen LogP contribution < -0.4 is 0 Å². The summed E-state index contributed by atoms with van der Waals surface area (Å²) in [7, 11) is 0. The molecule has 22 rings (SSSR count). The molecule has 136 heavy (non-hydrogen) atoms. The number of ketones is 1. The van der Waals surface area contributed by atoms with Crippen LogP contribution in [0, 0.1) is 50.2 Å². The average Bonchev–Trinajstić information content (AvgIpc) is 0.830. The van der Waals surface area contributed by atoms with Gasteiger partial charge in [-0.25, -0.2) is 0 Å². The molecule has 0 amide bonds. The Bertz CT molecular complexity index is 6460. The van der Waals surface area contributed by atoms with E-state index in [-0.39, 0.29) is 77.1 Å². The number of aromatic nitrogens is 6. The Hall–Kier alpha value is -14.8. The van der Waals surface area contributed by atoms with Gasteiger partial charge in [0.2, 0.25) is 0 Å². The maximum absolute atomic E-state index is 11.8. The molecule has 0 fully saturated rings. The number of hydrogen-bond acceptors (Lipinski definition) is 9. The summed E-state index contributed by atoms with van der Waals surface area (Å²) >= 11 is 0. The van der Waals surface area contributed by atoms with Crippen molar-refractivity contribution < 1.29 is 86.3 Å². The van der Waals surface area contributed by atoms with Gasteiger partial charge in [-0.2, -0.15) is 0 Å². The van der Waals surface area contributed by atoms with E-state index >= 15 is 0 Å². The van der Waals surface area contributed by atoms with Gasteiger partial charge in [0.15, 0.2) is 5.78 Å². The molecular weight excluding hydrogens is 2210 g/mol. The van der Waals surface area contributed by atoms with E-state index in [1.54, 1.807) is 6.08 Å². The summed E-state index contributed by atoms with van der Waals surface area (Å²) in [6.45, 7) is 4.05. The quantitative estimate of drug-likeness (QED) is 0.0641. The first kappa shape index (κ1) is 103. The molecule has 0 aliphatic heterocycles. The third kappa shape index (κ3) is 28.9. The Labute approximate surface area is 835 Å². The molecule has 2 unspecified atom stereocenters. The number of rotatable bonds is 13. The fourth-order valence-corrected chi connectivity index (χ4v) is 14.7. The van der Waals surface area contributed by atoms with Crippen LogP contribution in [0.5, 0.6) is 0 Å². The van der Waals surface area contributed by atoms with Crippen molar-refractivity contribution in [3.63, 3.8) is 0 Å². The second-order valence-electron chi connectivity index (χ2n) is 30.5. The van der Waals surface area contributed by atoms with Gasteiger partial charge in [0, 0.05) is 109 Å². The van der Waals surface area contributed by atoms with Crippen LogP contribution in [0.3, 0.4) is 0 Å². The second-order valence-corrected chi connectivity index (χ2v) is 30.5. The first-order chi connectivity index (χ1) is 64.6. The Morgan fingerprint density at radius 1 is 0.257 bits per heavy atom. The standard InChI is InChI=1S/C16H18O2.C16H14O.6C15H10N.3Ir.2H2O/c1-12-7-9-14(10-8-12)16(18)11-15(17)13-5-3-2-4-6-13;1-13-7-9-14(10-8-13)11-12-16(17)15-5-3-2-4-6-15;6*1-2-7-13(8-3-1)15-14-9-5-4-6-12(14)10-11-16-15;;;;;/h2-10,15-18H,11H2,1H3;2-12H,1H3;6*1-7,9-11H;;;;2*1H2/q;;6*-1;;;;;/b;12-11+;;;;;;;;;;;. The summed E-state index contributed by atoms with van der Waals surface area (Å²) < 4.78 is 0. The van der Waals surface area contributed by atoms with Crippen molar-refractivity contribution in [3.05, 3.63) is 550 Å². The molecule has 14 heteroatoms. The maximum Gasteiger partial charge on any atom is 0.185 e. The minimum Gasteiger partial charge on any atom is -0.412 e. The molecule has 677 valence electrons. The van der Waals surface area contributed by atoms with Crippen LogP contribution in [0.1, 0.15) is 56.8 Å². The first-order valence-corrected chi connectivity index (χ1v) is 43.3. The van der Waals surface area contributed by atoms with Gasteiger partial charge in [0.05, 0.1) is 12.2 Å². The third-order valence-electron chi connectivity index (χ3n) is 21.5. The summed E-state index contributed by atoms with van der Waals surface area (Å²) in [5, 5.41) is 34.4. The number of benzene rings is 16. The first-order valence-electron chi connectivity index (χ1n) is 43.3. The van der Waals surface area contributed by atoms with Crippen molar-refractivity contribution in [1.29, 1.82) is 0 Å². The summed E-state index contributed by atoms with van der Waals surface area (Å²) in [6.07, 6.45) is 13.6. The smallest absolute Gasteiger partial charge is 0.185 e. The van der Waals surface area contributed by atoms with Gasteiger partial charge >= 0.3 is 0 Å². The van der Waals surface area contributed by atoms with Gasteiger partial charge in [-0.3, -0.25) is 4.79 Å². The zero-order chi connectivity index (χ0) is 89.8. The van der Waals surface area contributed by atoms with Crippen molar-refractivity contribution in [2.75, 3.05) is 0 Å². The number of carbonyl (C=O) groups excluding carboxylic acids is 1. The number of allylic oxidation sites excluding steroid dienone is 1. The molecule has 16 aromatic carbocycles. The molecule has 6 aromatic heterocycles. The van der Waals surface area contributed by atoms with Crippen LogP contribution in [0.2, 0.25) is 0 Å². The van der Waals surface area contributed by atoms with Crippen LogP contribution in [-0.4, -0.2) is 56.9 Å².